The zero-order valence-corrected chi connectivity index (χ0v) is 16.7. The van der Waals surface area contributed by atoms with Crippen molar-refractivity contribution in [2.45, 2.75) is 25.9 Å². The summed E-state index contributed by atoms with van der Waals surface area (Å²) in [4.78, 5) is 36.0. The standard InChI is InChI=1S/C19H18FN7O2S/c20-13-5-3-12(4-6-13)9-21-14(28)10-27-19(29)26-11-22-16-15(17(26)24-27)30-18(23-16)25-7-1-2-8-25/h3-6,11H,1-2,7-10H2,(H,21,28). The topological polar surface area (TPSA) is 97.4 Å². The zero-order valence-electron chi connectivity index (χ0n) is 15.9. The van der Waals surface area contributed by atoms with Crippen molar-refractivity contribution < 1.29 is 9.18 Å². The fraction of sp³-hybridized carbons (Fsp3) is 0.316. The van der Waals surface area contributed by atoms with Gasteiger partial charge in [-0.15, -0.1) is 5.10 Å². The van der Waals surface area contributed by atoms with Gasteiger partial charge in [-0.25, -0.2) is 23.3 Å². The Labute approximate surface area is 173 Å². The highest BCUT2D eigenvalue weighted by Gasteiger charge is 2.20. The molecule has 4 aromatic rings. The van der Waals surface area contributed by atoms with Crippen LogP contribution in [0.5, 0.6) is 0 Å². The summed E-state index contributed by atoms with van der Waals surface area (Å²) in [5, 5.41) is 7.95. The van der Waals surface area contributed by atoms with Crippen LogP contribution in [0.2, 0.25) is 0 Å². The second kappa shape index (κ2) is 7.48. The fourth-order valence-corrected chi connectivity index (χ4v) is 4.51. The molecular weight excluding hydrogens is 409 g/mol. The van der Waals surface area contributed by atoms with E-state index in [9.17, 15) is 14.0 Å². The summed E-state index contributed by atoms with van der Waals surface area (Å²) in [6.07, 6.45) is 3.67. The third kappa shape index (κ3) is 3.41. The summed E-state index contributed by atoms with van der Waals surface area (Å²) in [6, 6.07) is 5.85. The van der Waals surface area contributed by atoms with Crippen LogP contribution in [0.4, 0.5) is 9.52 Å². The van der Waals surface area contributed by atoms with E-state index in [1.807, 2.05) is 0 Å². The second-order valence-corrected chi connectivity index (χ2v) is 8.10. The van der Waals surface area contributed by atoms with Gasteiger partial charge >= 0.3 is 5.69 Å². The molecule has 0 radical (unpaired) electrons. The molecule has 9 nitrogen and oxygen atoms in total. The molecule has 3 aromatic heterocycles. The molecule has 5 rings (SSSR count). The number of thiazole rings is 1. The van der Waals surface area contributed by atoms with Gasteiger partial charge in [-0.1, -0.05) is 23.5 Å². The first-order valence-electron chi connectivity index (χ1n) is 9.59. The van der Waals surface area contributed by atoms with Gasteiger partial charge in [0, 0.05) is 19.6 Å². The number of halogens is 1. The number of carbonyl (C=O) groups excluding carboxylic acids is 1. The van der Waals surface area contributed by atoms with Crippen LogP contribution in [0.15, 0.2) is 35.4 Å². The lowest BCUT2D eigenvalue weighted by atomic mass is 10.2. The monoisotopic (exact) mass is 427 g/mol. The molecule has 0 unspecified atom stereocenters. The number of nitrogens with zero attached hydrogens (tertiary/aromatic N) is 6. The van der Waals surface area contributed by atoms with Crippen molar-refractivity contribution in [2.24, 2.45) is 0 Å². The van der Waals surface area contributed by atoms with Gasteiger partial charge in [0.15, 0.2) is 16.4 Å². The molecule has 1 aliphatic heterocycles. The third-order valence-electron chi connectivity index (χ3n) is 5.04. The minimum absolute atomic E-state index is 0.221. The molecule has 0 bridgehead atoms. The van der Waals surface area contributed by atoms with Crippen molar-refractivity contribution in [2.75, 3.05) is 18.0 Å². The van der Waals surface area contributed by atoms with Gasteiger partial charge in [0.25, 0.3) is 0 Å². The summed E-state index contributed by atoms with van der Waals surface area (Å²) in [7, 11) is 0. The Balaban J connectivity index is 1.38. The van der Waals surface area contributed by atoms with Crippen molar-refractivity contribution in [3.05, 3.63) is 52.5 Å². The van der Waals surface area contributed by atoms with E-state index in [4.69, 9.17) is 0 Å². The minimum atomic E-state index is -0.438. The Hall–Kier alpha value is -3.34. The van der Waals surface area contributed by atoms with E-state index in [2.05, 4.69) is 25.3 Å². The first kappa shape index (κ1) is 18.7. The quantitative estimate of drug-likeness (QED) is 0.519. The molecule has 1 saturated heterocycles. The van der Waals surface area contributed by atoms with Crippen LogP contribution in [-0.4, -0.2) is 43.1 Å². The number of benzene rings is 1. The van der Waals surface area contributed by atoms with Crippen molar-refractivity contribution in [3.8, 4) is 0 Å². The van der Waals surface area contributed by atoms with E-state index in [-0.39, 0.29) is 24.8 Å². The highest BCUT2D eigenvalue weighted by atomic mass is 32.1. The zero-order chi connectivity index (χ0) is 20.7. The van der Waals surface area contributed by atoms with Gasteiger partial charge in [0.2, 0.25) is 5.91 Å². The number of amides is 1. The summed E-state index contributed by atoms with van der Waals surface area (Å²) >= 11 is 1.46. The predicted octanol–water partition coefficient (Wildman–Crippen LogP) is 1.56. The summed E-state index contributed by atoms with van der Waals surface area (Å²) in [5.74, 6) is -0.701. The number of anilines is 1. The normalized spacial score (nSPS) is 14.1. The lowest BCUT2D eigenvalue weighted by molar-refractivity contribution is -0.122. The maximum atomic E-state index is 13.0. The number of rotatable bonds is 5. The molecule has 30 heavy (non-hydrogen) atoms. The molecule has 1 aromatic carbocycles. The van der Waals surface area contributed by atoms with Crippen LogP contribution in [-0.2, 0) is 17.9 Å². The lowest BCUT2D eigenvalue weighted by Gasteiger charge is -2.11. The number of fused-ring (bicyclic) bond motifs is 3. The van der Waals surface area contributed by atoms with Gasteiger partial charge in [-0.05, 0) is 30.5 Å². The summed E-state index contributed by atoms with van der Waals surface area (Å²) in [6.45, 7) is 1.94. The molecule has 0 spiro atoms. The van der Waals surface area contributed by atoms with Crippen LogP contribution in [0.25, 0.3) is 16.0 Å². The van der Waals surface area contributed by atoms with Crippen LogP contribution < -0.4 is 15.9 Å². The van der Waals surface area contributed by atoms with Crippen molar-refractivity contribution in [1.29, 1.82) is 0 Å². The van der Waals surface area contributed by atoms with E-state index in [0.717, 1.165) is 46.0 Å². The minimum Gasteiger partial charge on any atom is -0.350 e. The number of hydrogen-bond acceptors (Lipinski definition) is 7. The number of hydrogen-bond donors (Lipinski definition) is 1. The van der Waals surface area contributed by atoms with Crippen molar-refractivity contribution in [3.63, 3.8) is 0 Å². The Bertz CT molecular complexity index is 1290. The van der Waals surface area contributed by atoms with E-state index in [0.29, 0.717) is 11.3 Å². The molecule has 4 heterocycles. The van der Waals surface area contributed by atoms with Gasteiger partial charge in [-0.2, -0.15) is 4.98 Å². The first-order valence-corrected chi connectivity index (χ1v) is 10.4. The maximum absolute atomic E-state index is 13.0. The molecule has 1 aliphatic rings. The molecule has 154 valence electrons. The van der Waals surface area contributed by atoms with Crippen LogP contribution in [0.1, 0.15) is 18.4 Å². The van der Waals surface area contributed by atoms with E-state index in [1.165, 1.54) is 34.2 Å². The van der Waals surface area contributed by atoms with Gasteiger partial charge in [0.05, 0.1) is 0 Å². The Morgan fingerprint density at radius 1 is 1.20 bits per heavy atom. The average Bonchev–Trinajstić information content (AvgIpc) is 3.47. The Kier molecular flexibility index (Phi) is 4.66. The molecule has 11 heteroatoms. The van der Waals surface area contributed by atoms with E-state index in [1.54, 1.807) is 12.1 Å². The molecule has 0 aliphatic carbocycles. The predicted molar refractivity (Wildman–Crippen MR) is 110 cm³/mol. The largest absolute Gasteiger partial charge is 0.352 e. The fourth-order valence-electron chi connectivity index (χ4n) is 3.47. The SMILES string of the molecule is O=C(Cn1nc2c3sc(N4CCCC4)nc3ncn2c1=O)NCc1ccc(F)cc1. The first-order chi connectivity index (χ1) is 14.6. The van der Waals surface area contributed by atoms with E-state index < -0.39 is 5.69 Å². The number of nitrogens with one attached hydrogen (secondary N) is 1. The smallest absolute Gasteiger partial charge is 0.350 e. The van der Waals surface area contributed by atoms with Gasteiger partial charge in [0.1, 0.15) is 23.4 Å². The summed E-state index contributed by atoms with van der Waals surface area (Å²) in [5.41, 5.74) is 1.32. The highest BCUT2D eigenvalue weighted by Crippen LogP contribution is 2.31. The maximum Gasteiger partial charge on any atom is 0.352 e. The van der Waals surface area contributed by atoms with Crippen molar-refractivity contribution in [1.82, 2.24) is 29.5 Å². The highest BCUT2D eigenvalue weighted by molar-refractivity contribution is 7.22. The Morgan fingerprint density at radius 3 is 2.73 bits per heavy atom. The second-order valence-electron chi connectivity index (χ2n) is 7.12. The number of carbonyl (C=O) groups is 1. The molecule has 0 atom stereocenters. The number of aromatic nitrogens is 5. The van der Waals surface area contributed by atoms with E-state index >= 15 is 0 Å². The molecule has 1 fully saturated rings. The van der Waals surface area contributed by atoms with Crippen molar-refractivity contribution >= 4 is 38.4 Å². The van der Waals surface area contributed by atoms with Crippen LogP contribution in [0, 0.1) is 5.82 Å². The molecular formula is C19H18FN7O2S. The molecule has 0 saturated carbocycles. The Morgan fingerprint density at radius 2 is 1.97 bits per heavy atom. The summed E-state index contributed by atoms with van der Waals surface area (Å²) < 4.78 is 16.1. The van der Waals surface area contributed by atoms with Crippen LogP contribution >= 0.6 is 11.3 Å². The average molecular weight is 427 g/mol. The van der Waals surface area contributed by atoms with Crippen LogP contribution in [0.3, 0.4) is 0 Å². The third-order valence-corrected chi connectivity index (χ3v) is 6.14. The van der Waals surface area contributed by atoms with Gasteiger partial charge in [-0.3, -0.25) is 4.79 Å². The molecule has 1 amide bonds. The lowest BCUT2D eigenvalue weighted by Crippen LogP contribution is -2.32. The molecule has 1 N–H and O–H groups in total. The van der Waals surface area contributed by atoms with Gasteiger partial charge < -0.3 is 10.2 Å².